The Balaban J connectivity index is 2.30. The lowest BCUT2D eigenvalue weighted by Crippen LogP contribution is -2.42. The molecule has 104 valence electrons. The Hall–Kier alpha value is -0.990. The predicted molar refractivity (Wildman–Crippen MR) is 79.6 cm³/mol. The Morgan fingerprint density at radius 2 is 1.89 bits per heavy atom. The van der Waals surface area contributed by atoms with Crippen molar-refractivity contribution in [3.63, 3.8) is 0 Å². The van der Waals surface area contributed by atoms with Gasteiger partial charge in [-0.2, -0.15) is 0 Å². The van der Waals surface area contributed by atoms with Gasteiger partial charge in [0.25, 0.3) is 0 Å². The molecule has 1 aliphatic rings. The molecule has 1 aromatic carbocycles. The molecule has 1 aromatic rings. The average Bonchev–Trinajstić information content (AvgIpc) is 2.73. The summed E-state index contributed by atoms with van der Waals surface area (Å²) in [5.41, 5.74) is 1.30. The zero-order valence-electron chi connectivity index (χ0n) is 12.1. The Labute approximate surface area is 121 Å². The van der Waals surface area contributed by atoms with Gasteiger partial charge in [0.1, 0.15) is 6.26 Å². The maximum Gasteiger partial charge on any atom is 0.127 e. The Bertz CT molecular complexity index is 450. The highest BCUT2D eigenvalue weighted by molar-refractivity contribution is 6.30. The van der Waals surface area contributed by atoms with Gasteiger partial charge in [-0.15, -0.1) is 5.06 Å². The Morgan fingerprint density at radius 1 is 1.26 bits per heavy atom. The number of rotatable bonds is 3. The molecule has 0 spiro atoms. The van der Waals surface area contributed by atoms with Crippen molar-refractivity contribution in [3.05, 3.63) is 47.2 Å². The smallest absolute Gasteiger partial charge is 0.127 e. The SMILES string of the molecule is CCC(c1ccccc1)N1OC=C(Cl)C1C(C)(C)C. The first-order valence-electron chi connectivity index (χ1n) is 6.80. The van der Waals surface area contributed by atoms with Crippen molar-refractivity contribution in [2.24, 2.45) is 5.41 Å². The first-order chi connectivity index (χ1) is 8.95. The largest absolute Gasteiger partial charge is 0.411 e. The van der Waals surface area contributed by atoms with E-state index >= 15 is 0 Å². The Kier molecular flexibility index (Phi) is 4.22. The first-order valence-corrected chi connectivity index (χ1v) is 7.18. The van der Waals surface area contributed by atoms with Crippen LogP contribution in [-0.2, 0) is 4.84 Å². The predicted octanol–water partition coefficient (Wildman–Crippen LogP) is 4.88. The van der Waals surface area contributed by atoms with Gasteiger partial charge in [0, 0.05) is 0 Å². The highest BCUT2D eigenvalue weighted by Crippen LogP contribution is 2.41. The summed E-state index contributed by atoms with van der Waals surface area (Å²) in [5, 5.41) is 2.82. The molecule has 19 heavy (non-hydrogen) atoms. The average molecular weight is 280 g/mol. The van der Waals surface area contributed by atoms with Gasteiger partial charge in [-0.05, 0) is 17.4 Å². The zero-order chi connectivity index (χ0) is 14.0. The lowest BCUT2D eigenvalue weighted by Gasteiger charge is -2.38. The van der Waals surface area contributed by atoms with Gasteiger partial charge in [-0.1, -0.05) is 69.6 Å². The van der Waals surface area contributed by atoms with E-state index in [1.54, 1.807) is 6.26 Å². The van der Waals surface area contributed by atoms with E-state index in [0.29, 0.717) is 0 Å². The standard InChI is InChI=1S/C16H22ClNO/c1-5-14(12-9-7-6-8-10-12)18-15(16(2,3)4)13(17)11-19-18/h6-11,14-15H,5H2,1-4H3. The van der Waals surface area contributed by atoms with Crippen LogP contribution < -0.4 is 0 Å². The molecular weight excluding hydrogens is 258 g/mol. The molecule has 0 radical (unpaired) electrons. The van der Waals surface area contributed by atoms with Crippen LogP contribution in [0.5, 0.6) is 0 Å². The summed E-state index contributed by atoms with van der Waals surface area (Å²) >= 11 is 6.34. The second kappa shape index (κ2) is 5.56. The summed E-state index contributed by atoms with van der Waals surface area (Å²) < 4.78 is 0. The van der Waals surface area contributed by atoms with Gasteiger partial charge in [0.15, 0.2) is 0 Å². The molecule has 2 nitrogen and oxygen atoms in total. The molecule has 3 heteroatoms. The maximum atomic E-state index is 6.34. The van der Waals surface area contributed by atoms with E-state index in [4.69, 9.17) is 16.4 Å². The number of nitrogens with zero attached hydrogens (tertiary/aromatic N) is 1. The minimum Gasteiger partial charge on any atom is -0.411 e. The summed E-state index contributed by atoms with van der Waals surface area (Å²) in [7, 11) is 0. The van der Waals surface area contributed by atoms with E-state index in [9.17, 15) is 0 Å². The summed E-state index contributed by atoms with van der Waals surface area (Å²) in [6.45, 7) is 8.74. The van der Waals surface area contributed by atoms with Crippen LogP contribution in [0.1, 0.15) is 45.7 Å². The molecule has 0 aromatic heterocycles. The van der Waals surface area contributed by atoms with E-state index in [-0.39, 0.29) is 17.5 Å². The van der Waals surface area contributed by atoms with Crippen LogP contribution in [0.2, 0.25) is 0 Å². The van der Waals surface area contributed by atoms with Crippen molar-refractivity contribution in [2.75, 3.05) is 0 Å². The molecule has 0 saturated carbocycles. The number of hydrogen-bond acceptors (Lipinski definition) is 2. The van der Waals surface area contributed by atoms with Crippen molar-refractivity contribution in [2.45, 2.75) is 46.2 Å². The molecule has 0 amide bonds. The molecule has 0 fully saturated rings. The number of benzene rings is 1. The van der Waals surface area contributed by atoms with Crippen LogP contribution in [0, 0.1) is 5.41 Å². The summed E-state index contributed by atoms with van der Waals surface area (Å²) in [6, 6.07) is 10.8. The van der Waals surface area contributed by atoms with E-state index in [0.717, 1.165) is 11.5 Å². The van der Waals surface area contributed by atoms with E-state index in [1.807, 2.05) is 11.1 Å². The number of hydrogen-bond donors (Lipinski definition) is 0. The summed E-state index contributed by atoms with van der Waals surface area (Å²) in [5.74, 6) is 0. The number of hydroxylamine groups is 2. The lowest BCUT2D eigenvalue weighted by atomic mass is 9.85. The summed E-state index contributed by atoms with van der Waals surface area (Å²) in [4.78, 5) is 5.75. The quantitative estimate of drug-likeness (QED) is 0.782. The fourth-order valence-corrected chi connectivity index (χ4v) is 3.11. The topological polar surface area (TPSA) is 12.5 Å². The lowest BCUT2D eigenvalue weighted by molar-refractivity contribution is -0.161. The fourth-order valence-electron chi connectivity index (χ4n) is 2.64. The molecular formula is C16H22ClNO. The molecule has 2 unspecified atom stereocenters. The molecule has 0 aliphatic carbocycles. The van der Waals surface area contributed by atoms with Gasteiger partial charge >= 0.3 is 0 Å². The van der Waals surface area contributed by atoms with Crippen LogP contribution in [0.25, 0.3) is 0 Å². The minimum atomic E-state index is 0.0340. The molecule has 0 N–H and O–H groups in total. The van der Waals surface area contributed by atoms with Crippen molar-refractivity contribution in [1.82, 2.24) is 5.06 Å². The second-order valence-corrected chi connectivity index (χ2v) is 6.51. The van der Waals surface area contributed by atoms with Crippen molar-refractivity contribution < 1.29 is 4.84 Å². The maximum absolute atomic E-state index is 6.34. The van der Waals surface area contributed by atoms with Crippen LogP contribution in [0.3, 0.4) is 0 Å². The monoisotopic (exact) mass is 279 g/mol. The summed E-state index contributed by atoms with van der Waals surface area (Å²) in [6.07, 6.45) is 2.65. The van der Waals surface area contributed by atoms with Crippen LogP contribution in [-0.4, -0.2) is 11.1 Å². The van der Waals surface area contributed by atoms with Crippen molar-refractivity contribution >= 4 is 11.6 Å². The van der Waals surface area contributed by atoms with E-state index in [2.05, 4.69) is 52.0 Å². The molecule has 1 aliphatic heterocycles. The van der Waals surface area contributed by atoms with Crippen LogP contribution in [0.15, 0.2) is 41.6 Å². The molecule has 2 atom stereocenters. The third-order valence-electron chi connectivity index (χ3n) is 3.50. The first kappa shape index (κ1) is 14.4. The van der Waals surface area contributed by atoms with Crippen molar-refractivity contribution in [1.29, 1.82) is 0 Å². The van der Waals surface area contributed by atoms with E-state index < -0.39 is 0 Å². The highest BCUT2D eigenvalue weighted by Gasteiger charge is 2.41. The third kappa shape index (κ3) is 2.96. The molecule has 1 heterocycles. The highest BCUT2D eigenvalue weighted by atomic mass is 35.5. The van der Waals surface area contributed by atoms with Gasteiger partial charge in [0.05, 0.1) is 17.1 Å². The molecule has 0 saturated heterocycles. The molecule has 2 rings (SSSR count). The fraction of sp³-hybridized carbons (Fsp3) is 0.500. The van der Waals surface area contributed by atoms with Crippen LogP contribution in [0.4, 0.5) is 0 Å². The second-order valence-electron chi connectivity index (χ2n) is 6.07. The van der Waals surface area contributed by atoms with E-state index in [1.165, 1.54) is 5.56 Å². The molecule has 0 bridgehead atoms. The van der Waals surface area contributed by atoms with Crippen LogP contribution >= 0.6 is 11.6 Å². The van der Waals surface area contributed by atoms with Gasteiger partial charge in [-0.3, -0.25) is 0 Å². The van der Waals surface area contributed by atoms with Crippen molar-refractivity contribution in [3.8, 4) is 0 Å². The van der Waals surface area contributed by atoms with Gasteiger partial charge in [0.2, 0.25) is 0 Å². The Morgan fingerprint density at radius 3 is 2.42 bits per heavy atom. The van der Waals surface area contributed by atoms with Gasteiger partial charge < -0.3 is 4.84 Å². The normalized spacial score (nSPS) is 21.9. The minimum absolute atomic E-state index is 0.0340. The zero-order valence-corrected chi connectivity index (χ0v) is 12.8. The third-order valence-corrected chi connectivity index (χ3v) is 3.80. The number of halogens is 1. The van der Waals surface area contributed by atoms with Gasteiger partial charge in [-0.25, -0.2) is 0 Å².